The normalized spacial score (nSPS) is 16.9. The van der Waals surface area contributed by atoms with Gasteiger partial charge in [0.05, 0.1) is 6.42 Å². The van der Waals surface area contributed by atoms with Gasteiger partial charge < -0.3 is 10.0 Å². The lowest BCUT2D eigenvalue weighted by atomic mass is 9.63. The van der Waals surface area contributed by atoms with E-state index in [2.05, 4.69) is 39.8 Å². The molecule has 0 bridgehead atoms. The fraction of sp³-hybridized carbons (Fsp3) is 0.417. The van der Waals surface area contributed by atoms with Crippen LogP contribution in [0.4, 0.5) is 5.69 Å². The maximum atomic E-state index is 13.1. The van der Waals surface area contributed by atoms with Crippen LogP contribution in [-0.2, 0) is 22.0 Å². The average molecular weight is 380 g/mol. The molecule has 2 aromatic carbocycles. The van der Waals surface area contributed by atoms with E-state index in [4.69, 9.17) is 5.11 Å². The predicted octanol–water partition coefficient (Wildman–Crippen LogP) is 4.94. The number of carbonyl (C=O) groups is 2. The summed E-state index contributed by atoms with van der Waals surface area (Å²) in [4.78, 5) is 25.5. The summed E-state index contributed by atoms with van der Waals surface area (Å²) < 4.78 is 0. The minimum absolute atomic E-state index is 0.0202. The van der Waals surface area contributed by atoms with E-state index in [1.807, 2.05) is 6.07 Å². The van der Waals surface area contributed by atoms with Gasteiger partial charge in [-0.05, 0) is 64.6 Å². The number of benzene rings is 2. The molecule has 0 aliphatic heterocycles. The Hall–Kier alpha value is -2.62. The number of carboxylic acid groups (broad SMARTS) is 1. The number of hydrogen-bond donors (Lipinski definition) is 1. The van der Waals surface area contributed by atoms with E-state index < -0.39 is 5.97 Å². The Balaban J connectivity index is 1.89. The van der Waals surface area contributed by atoms with Crippen LogP contribution in [0, 0.1) is 0 Å². The van der Waals surface area contributed by atoms with Gasteiger partial charge in [-0.3, -0.25) is 9.59 Å². The lowest BCUT2D eigenvalue weighted by molar-refractivity contribution is -0.136. The monoisotopic (exact) mass is 379 g/mol. The molecule has 28 heavy (non-hydrogen) atoms. The van der Waals surface area contributed by atoms with Gasteiger partial charge in [-0.25, -0.2) is 0 Å². The van der Waals surface area contributed by atoms with Crippen LogP contribution in [0.3, 0.4) is 0 Å². The van der Waals surface area contributed by atoms with Crippen molar-refractivity contribution in [3.8, 4) is 0 Å². The van der Waals surface area contributed by atoms with Crippen molar-refractivity contribution < 1.29 is 14.7 Å². The quantitative estimate of drug-likeness (QED) is 0.819. The first kappa shape index (κ1) is 20.1. The minimum atomic E-state index is -0.864. The van der Waals surface area contributed by atoms with Gasteiger partial charge in [0.15, 0.2) is 0 Å². The third-order valence-electron chi connectivity index (χ3n) is 6.08. The third-order valence-corrected chi connectivity index (χ3v) is 6.08. The SMILES string of the molecule is CN(C(=O)c1ccc2c(c1)C(C)(C)CCC2(C)C)c1ccc(CC(=O)O)cc1. The van der Waals surface area contributed by atoms with E-state index in [1.54, 1.807) is 36.2 Å². The van der Waals surface area contributed by atoms with E-state index >= 15 is 0 Å². The van der Waals surface area contributed by atoms with Crippen LogP contribution in [0.15, 0.2) is 42.5 Å². The predicted molar refractivity (Wildman–Crippen MR) is 112 cm³/mol. The van der Waals surface area contributed by atoms with E-state index in [0.29, 0.717) is 5.56 Å². The van der Waals surface area contributed by atoms with Crippen molar-refractivity contribution in [2.24, 2.45) is 0 Å². The van der Waals surface area contributed by atoms with Crippen molar-refractivity contribution in [3.63, 3.8) is 0 Å². The molecule has 1 N–H and O–H groups in total. The average Bonchev–Trinajstić information content (AvgIpc) is 2.64. The minimum Gasteiger partial charge on any atom is -0.481 e. The molecule has 4 nitrogen and oxygen atoms in total. The van der Waals surface area contributed by atoms with E-state index in [1.165, 1.54) is 11.1 Å². The summed E-state index contributed by atoms with van der Waals surface area (Å²) in [5, 5.41) is 8.89. The summed E-state index contributed by atoms with van der Waals surface area (Å²) in [6.07, 6.45) is 2.22. The number of carbonyl (C=O) groups excluding carboxylic acids is 1. The first-order valence-electron chi connectivity index (χ1n) is 9.75. The maximum absolute atomic E-state index is 13.1. The van der Waals surface area contributed by atoms with Crippen molar-refractivity contribution in [3.05, 3.63) is 64.7 Å². The fourth-order valence-corrected chi connectivity index (χ4v) is 4.04. The molecular weight excluding hydrogens is 350 g/mol. The fourth-order valence-electron chi connectivity index (χ4n) is 4.04. The summed E-state index contributed by atoms with van der Waals surface area (Å²) in [5.41, 5.74) is 4.92. The van der Waals surface area contributed by atoms with Crippen molar-refractivity contribution in [2.75, 3.05) is 11.9 Å². The van der Waals surface area contributed by atoms with Crippen molar-refractivity contribution in [1.82, 2.24) is 0 Å². The number of rotatable bonds is 4. The Morgan fingerprint density at radius 2 is 1.50 bits per heavy atom. The molecule has 0 spiro atoms. The molecule has 0 unspecified atom stereocenters. The largest absolute Gasteiger partial charge is 0.481 e. The zero-order valence-corrected chi connectivity index (χ0v) is 17.4. The molecule has 1 amide bonds. The molecule has 0 saturated heterocycles. The molecule has 0 saturated carbocycles. The van der Waals surface area contributed by atoms with Crippen LogP contribution in [0.25, 0.3) is 0 Å². The lowest BCUT2D eigenvalue weighted by Gasteiger charge is -2.42. The molecule has 1 aliphatic carbocycles. The molecular formula is C24H29NO3. The van der Waals surface area contributed by atoms with Gasteiger partial charge in [-0.2, -0.15) is 0 Å². The Morgan fingerprint density at radius 3 is 2.07 bits per heavy atom. The second-order valence-electron chi connectivity index (χ2n) is 9.13. The highest BCUT2D eigenvalue weighted by atomic mass is 16.4. The summed E-state index contributed by atoms with van der Waals surface area (Å²) in [6, 6.07) is 13.2. The maximum Gasteiger partial charge on any atom is 0.307 e. The van der Waals surface area contributed by atoms with E-state index in [-0.39, 0.29) is 23.2 Å². The first-order valence-corrected chi connectivity index (χ1v) is 9.75. The third kappa shape index (κ3) is 3.82. The smallest absolute Gasteiger partial charge is 0.307 e. The molecule has 0 fully saturated rings. The molecule has 3 rings (SSSR count). The number of fused-ring (bicyclic) bond motifs is 1. The van der Waals surface area contributed by atoms with Gasteiger partial charge in [0.2, 0.25) is 0 Å². The Morgan fingerprint density at radius 1 is 0.929 bits per heavy atom. The van der Waals surface area contributed by atoms with Crippen LogP contribution >= 0.6 is 0 Å². The molecule has 2 aromatic rings. The summed E-state index contributed by atoms with van der Waals surface area (Å²) >= 11 is 0. The summed E-state index contributed by atoms with van der Waals surface area (Å²) in [7, 11) is 1.75. The topological polar surface area (TPSA) is 57.6 Å². The number of hydrogen-bond acceptors (Lipinski definition) is 2. The zero-order valence-electron chi connectivity index (χ0n) is 17.4. The van der Waals surface area contributed by atoms with E-state index in [9.17, 15) is 9.59 Å². The number of anilines is 1. The Labute approximate surface area is 167 Å². The summed E-state index contributed by atoms with van der Waals surface area (Å²) in [6.45, 7) is 9.04. The highest BCUT2D eigenvalue weighted by Gasteiger charge is 2.37. The van der Waals surface area contributed by atoms with Crippen LogP contribution in [0.5, 0.6) is 0 Å². The molecule has 4 heteroatoms. The first-order chi connectivity index (χ1) is 13.0. The molecule has 148 valence electrons. The van der Waals surface area contributed by atoms with Gasteiger partial charge in [-0.1, -0.05) is 45.9 Å². The van der Waals surface area contributed by atoms with Gasteiger partial charge in [-0.15, -0.1) is 0 Å². The molecule has 0 heterocycles. The van der Waals surface area contributed by atoms with Gasteiger partial charge in [0.25, 0.3) is 5.91 Å². The van der Waals surface area contributed by atoms with E-state index in [0.717, 1.165) is 24.1 Å². The highest BCUT2D eigenvalue weighted by molar-refractivity contribution is 6.06. The lowest BCUT2D eigenvalue weighted by Crippen LogP contribution is -2.34. The van der Waals surface area contributed by atoms with Crippen molar-refractivity contribution in [1.29, 1.82) is 0 Å². The number of amides is 1. The zero-order chi connectivity index (χ0) is 20.7. The van der Waals surface area contributed by atoms with Crippen LogP contribution in [-0.4, -0.2) is 24.0 Å². The number of nitrogens with zero attached hydrogens (tertiary/aromatic N) is 1. The van der Waals surface area contributed by atoms with Crippen molar-refractivity contribution in [2.45, 2.75) is 57.8 Å². The molecule has 0 aromatic heterocycles. The second-order valence-corrected chi connectivity index (χ2v) is 9.13. The number of carboxylic acids is 1. The standard InChI is InChI=1S/C24H29NO3/c1-23(2)12-13-24(3,4)20-15-17(8-11-19(20)23)22(28)25(5)18-9-6-16(7-10-18)14-21(26)27/h6-11,15H,12-14H2,1-5H3,(H,26,27). The Kier molecular flexibility index (Phi) is 5.09. The van der Waals surface area contributed by atoms with Gasteiger partial charge in [0, 0.05) is 18.3 Å². The summed E-state index contributed by atoms with van der Waals surface area (Å²) in [5.74, 6) is -0.926. The molecule has 1 aliphatic rings. The van der Waals surface area contributed by atoms with Gasteiger partial charge >= 0.3 is 5.97 Å². The Bertz CT molecular complexity index is 910. The molecule has 0 atom stereocenters. The van der Waals surface area contributed by atoms with Crippen LogP contribution in [0.1, 0.15) is 67.6 Å². The van der Waals surface area contributed by atoms with Crippen molar-refractivity contribution >= 4 is 17.6 Å². The highest BCUT2D eigenvalue weighted by Crippen LogP contribution is 2.46. The number of aliphatic carboxylic acids is 1. The van der Waals surface area contributed by atoms with Crippen LogP contribution in [0.2, 0.25) is 0 Å². The van der Waals surface area contributed by atoms with Gasteiger partial charge in [0.1, 0.15) is 0 Å². The van der Waals surface area contributed by atoms with Crippen LogP contribution < -0.4 is 4.90 Å². The molecule has 0 radical (unpaired) electrons. The second kappa shape index (κ2) is 7.08.